The highest BCUT2D eigenvalue weighted by atomic mass is 35.5. The molecule has 0 aromatic carbocycles. The van der Waals surface area contributed by atoms with Crippen molar-refractivity contribution in [3.05, 3.63) is 60.2 Å². The van der Waals surface area contributed by atoms with Crippen LogP contribution < -0.4 is 14.8 Å². The number of nitrogens with zero attached hydrogens (tertiary/aromatic N) is 5. The van der Waals surface area contributed by atoms with Gasteiger partial charge in [-0.2, -0.15) is 0 Å². The Bertz CT molecular complexity index is 1610. The first-order valence-corrected chi connectivity index (χ1v) is 18.8. The molecular formula is C37H52ClN7O4S. The predicted octanol–water partition coefficient (Wildman–Crippen LogP) is 8.11. The molecule has 4 aliphatic rings. The molecule has 3 aliphatic carbocycles. The van der Waals surface area contributed by atoms with Gasteiger partial charge in [0.15, 0.2) is 5.82 Å². The van der Waals surface area contributed by atoms with Gasteiger partial charge in [0.25, 0.3) is 5.91 Å². The molecule has 2 N–H and O–H groups in total. The van der Waals surface area contributed by atoms with E-state index in [1.807, 2.05) is 31.7 Å². The molecule has 2 amide bonds. The number of hydrogen-bond acceptors (Lipinski definition) is 9. The predicted molar refractivity (Wildman–Crippen MR) is 200 cm³/mol. The summed E-state index contributed by atoms with van der Waals surface area (Å²) in [5.74, 6) is 2.03. The number of likely N-dealkylation sites (tertiary alicyclic amines) is 1. The van der Waals surface area contributed by atoms with E-state index < -0.39 is 11.5 Å². The Morgan fingerprint density at radius 1 is 1.16 bits per heavy atom. The van der Waals surface area contributed by atoms with Crippen LogP contribution in [0, 0.1) is 16.7 Å². The molecule has 1 saturated heterocycles. The van der Waals surface area contributed by atoms with Crippen LogP contribution >= 0.6 is 23.5 Å². The molecule has 11 nitrogen and oxygen atoms in total. The Labute approximate surface area is 305 Å². The summed E-state index contributed by atoms with van der Waals surface area (Å²) >= 11 is 7.37. The lowest BCUT2D eigenvalue weighted by atomic mass is 10.0. The second-order valence-electron chi connectivity index (χ2n) is 15.2. The van der Waals surface area contributed by atoms with Gasteiger partial charge in [-0.15, -0.1) is 5.10 Å². The minimum absolute atomic E-state index is 0.0394. The van der Waals surface area contributed by atoms with Crippen LogP contribution in [0.3, 0.4) is 0 Å². The number of aliphatic imine (C=N–C) groups is 1. The van der Waals surface area contributed by atoms with E-state index in [1.54, 1.807) is 29.1 Å². The third-order valence-electron chi connectivity index (χ3n) is 10.1. The molecular weight excluding hydrogens is 674 g/mol. The van der Waals surface area contributed by atoms with E-state index in [4.69, 9.17) is 21.1 Å². The van der Waals surface area contributed by atoms with Gasteiger partial charge in [-0.3, -0.25) is 9.52 Å². The maximum Gasteiger partial charge on any atom is 0.410 e. The molecule has 0 radical (unpaired) electrons. The Morgan fingerprint density at radius 3 is 2.42 bits per heavy atom. The molecule has 6 rings (SSSR count). The number of fused-ring (bicyclic) bond motifs is 1. The molecule has 2 aromatic rings. The smallest absolute Gasteiger partial charge is 0.410 e. The lowest BCUT2D eigenvalue weighted by Gasteiger charge is -2.33. The summed E-state index contributed by atoms with van der Waals surface area (Å²) in [5.41, 5.74) is 1.21. The molecule has 0 unspecified atom stereocenters. The van der Waals surface area contributed by atoms with Gasteiger partial charge in [0.05, 0.1) is 12.2 Å². The van der Waals surface area contributed by atoms with Crippen LogP contribution in [0.15, 0.2) is 54.4 Å². The fourth-order valence-corrected chi connectivity index (χ4v) is 8.12. The van der Waals surface area contributed by atoms with Crippen LogP contribution in [0.5, 0.6) is 5.88 Å². The van der Waals surface area contributed by atoms with Crippen LogP contribution in [-0.2, 0) is 4.74 Å². The van der Waals surface area contributed by atoms with E-state index >= 15 is 0 Å². The molecule has 0 atom stereocenters. The van der Waals surface area contributed by atoms with Crippen molar-refractivity contribution in [2.24, 2.45) is 21.7 Å². The lowest BCUT2D eigenvalue weighted by molar-refractivity contribution is 0.0134. The molecule has 13 heteroatoms. The molecule has 272 valence electrons. The van der Waals surface area contributed by atoms with E-state index in [1.165, 1.54) is 25.7 Å². The normalized spacial score (nSPS) is 19.3. The third kappa shape index (κ3) is 8.67. The maximum atomic E-state index is 12.6. The highest BCUT2D eigenvalue weighted by Gasteiger charge is 2.85. The van der Waals surface area contributed by atoms with E-state index in [9.17, 15) is 9.59 Å². The monoisotopic (exact) mass is 725 g/mol. The van der Waals surface area contributed by atoms with Crippen LogP contribution in [-0.4, -0.2) is 67.5 Å². The lowest BCUT2D eigenvalue weighted by Crippen LogP contribution is -2.45. The van der Waals surface area contributed by atoms with E-state index in [0.717, 1.165) is 56.6 Å². The highest BCUT2D eigenvalue weighted by Crippen LogP contribution is 2.93. The molecule has 2 spiro atoms. The number of nitrogens with one attached hydrogen (secondary N) is 2. The number of pyridine rings is 1. The topological polar surface area (TPSA) is 123 Å². The molecule has 2 aromatic heterocycles. The summed E-state index contributed by atoms with van der Waals surface area (Å²) in [6, 6.07) is 5.13. The second kappa shape index (κ2) is 15.0. The van der Waals surface area contributed by atoms with Crippen LogP contribution in [0.4, 0.5) is 4.79 Å². The maximum absolute atomic E-state index is 12.6. The number of aromatic nitrogens is 3. The molecule has 4 fully saturated rings. The average molecular weight is 726 g/mol. The van der Waals surface area contributed by atoms with Crippen molar-refractivity contribution in [2.75, 3.05) is 19.7 Å². The quantitative estimate of drug-likeness (QED) is 0.103. The van der Waals surface area contributed by atoms with Crippen molar-refractivity contribution in [3.8, 4) is 11.7 Å². The van der Waals surface area contributed by atoms with Crippen LogP contribution in [0.1, 0.15) is 103 Å². The first-order chi connectivity index (χ1) is 23.6. The first-order valence-electron chi connectivity index (χ1n) is 17.6. The standard InChI is InChI=1S/C26H31ClN6O2S.C11H21NO2/c1-4-14-28-17(3)29-22(5-2)36-32-24(34)18-6-7-20(30-23(18)27)33-15-8-21(31-33)35-16-9-19-25(10-11-25)26(19)12-13-26;1-10(2,3)14-9(13)12-8-6-7-11(12,4)5/h5-8,15,19,28H,2-4,9-14,16H2,1H3,(H,32,34);6-8H2,1-5H3/b29-22+;. The zero-order valence-corrected chi connectivity index (χ0v) is 31.9. The number of hydrogen-bond donors (Lipinski definition) is 2. The Hall–Kier alpha value is -3.51. The van der Waals surface area contributed by atoms with E-state index in [2.05, 4.69) is 59.0 Å². The van der Waals surface area contributed by atoms with Gasteiger partial charge in [0, 0.05) is 42.8 Å². The Balaban J connectivity index is 0.000000292. The summed E-state index contributed by atoms with van der Waals surface area (Å²) in [7, 11) is 0. The van der Waals surface area contributed by atoms with Crippen molar-refractivity contribution >= 4 is 40.6 Å². The second-order valence-corrected chi connectivity index (χ2v) is 16.4. The minimum Gasteiger partial charge on any atom is -0.477 e. The van der Waals surface area contributed by atoms with Crippen LogP contribution in [0.2, 0.25) is 5.15 Å². The zero-order valence-electron chi connectivity index (χ0n) is 30.3. The minimum atomic E-state index is -0.393. The number of carbonyl (C=O) groups is 2. The largest absolute Gasteiger partial charge is 0.477 e. The number of ether oxygens (including phenoxy) is 2. The number of halogens is 1. The molecule has 3 heterocycles. The summed E-state index contributed by atoms with van der Waals surface area (Å²) in [6.45, 7) is 21.8. The van der Waals surface area contributed by atoms with Crippen molar-refractivity contribution < 1.29 is 19.1 Å². The molecule has 0 bridgehead atoms. The first kappa shape index (κ1) is 37.7. The van der Waals surface area contributed by atoms with Crippen LogP contribution in [0.25, 0.3) is 5.82 Å². The molecule has 50 heavy (non-hydrogen) atoms. The summed E-state index contributed by atoms with van der Waals surface area (Å²) in [4.78, 5) is 34.9. The van der Waals surface area contributed by atoms with E-state index in [-0.39, 0.29) is 22.3 Å². The van der Waals surface area contributed by atoms with Gasteiger partial charge in [0.2, 0.25) is 5.88 Å². The fraction of sp³-hybridized carbons (Fsp3) is 0.595. The fourth-order valence-electron chi connectivity index (χ4n) is 7.34. The summed E-state index contributed by atoms with van der Waals surface area (Å²) < 4.78 is 15.6. The number of amides is 2. The van der Waals surface area contributed by atoms with Gasteiger partial charge < -0.3 is 19.7 Å². The van der Waals surface area contributed by atoms with Gasteiger partial charge in [-0.05, 0) is 121 Å². The molecule has 1 aliphatic heterocycles. The Morgan fingerprint density at radius 2 is 1.86 bits per heavy atom. The van der Waals surface area contributed by atoms with Crippen molar-refractivity contribution in [1.29, 1.82) is 0 Å². The average Bonchev–Trinajstić information content (AvgIpc) is 4.00. The van der Waals surface area contributed by atoms with Gasteiger partial charge >= 0.3 is 6.09 Å². The van der Waals surface area contributed by atoms with Gasteiger partial charge in [-0.25, -0.2) is 19.5 Å². The zero-order chi connectivity index (χ0) is 36.3. The van der Waals surface area contributed by atoms with Crippen molar-refractivity contribution in [3.63, 3.8) is 0 Å². The summed E-state index contributed by atoms with van der Waals surface area (Å²) in [6.07, 6.45) is 13.0. The SMILES string of the molecule is C=C/C(=N\C(=C)NCCC)SNC(=O)c1ccc(-n2ccc(OCCC3C4(CC4)C34CC4)n2)nc1Cl.CC(C)(C)OC(=O)N1CCCC1(C)C. The van der Waals surface area contributed by atoms with Crippen molar-refractivity contribution in [1.82, 2.24) is 29.7 Å². The van der Waals surface area contributed by atoms with E-state index in [0.29, 0.717) is 40.0 Å². The highest BCUT2D eigenvalue weighted by molar-refractivity contribution is 8.13. The van der Waals surface area contributed by atoms with Gasteiger partial charge in [-0.1, -0.05) is 31.7 Å². The third-order valence-corrected chi connectivity index (χ3v) is 11.2. The van der Waals surface area contributed by atoms with Crippen molar-refractivity contribution in [2.45, 2.75) is 104 Å². The molecule has 3 saturated carbocycles. The van der Waals surface area contributed by atoms with Gasteiger partial charge in [0.1, 0.15) is 21.6 Å². The Kier molecular flexibility index (Phi) is 11.3. The summed E-state index contributed by atoms with van der Waals surface area (Å²) in [5, 5.41) is 8.12. The number of carbonyl (C=O) groups excluding carboxylic acids is 2. The number of rotatable bonds is 11.